The summed E-state index contributed by atoms with van der Waals surface area (Å²) in [5.74, 6) is 1.37. The number of rotatable bonds is 7. The summed E-state index contributed by atoms with van der Waals surface area (Å²) in [5, 5.41) is 3.95. The number of amides is 1. The minimum atomic E-state index is -0.689. The van der Waals surface area contributed by atoms with Gasteiger partial charge in [-0.3, -0.25) is 4.79 Å². The van der Waals surface area contributed by atoms with Gasteiger partial charge in [0.25, 0.3) is 5.91 Å². The number of nitrogens with one attached hydrogen (secondary N) is 1. The van der Waals surface area contributed by atoms with E-state index in [-0.39, 0.29) is 5.91 Å². The molecule has 0 saturated heterocycles. The van der Waals surface area contributed by atoms with Crippen LogP contribution in [0.15, 0.2) is 52.0 Å². The van der Waals surface area contributed by atoms with Crippen molar-refractivity contribution in [3.63, 3.8) is 0 Å². The topological polar surface area (TPSA) is 69.2 Å². The molecule has 0 aliphatic rings. The van der Waals surface area contributed by atoms with Crippen molar-refractivity contribution in [1.82, 2.24) is 5.43 Å². The first kappa shape index (κ1) is 18.8. The van der Waals surface area contributed by atoms with E-state index in [1.165, 1.54) is 6.21 Å². The number of halogens is 1. The normalized spacial score (nSPS) is 11.8. The van der Waals surface area contributed by atoms with Gasteiger partial charge in [0, 0.05) is 10.0 Å². The number of hydrazone groups is 1. The second-order valence-electron chi connectivity index (χ2n) is 5.03. The first-order valence-electron chi connectivity index (χ1n) is 7.51. The number of ether oxygens (including phenoxy) is 3. The van der Waals surface area contributed by atoms with E-state index in [2.05, 4.69) is 26.5 Å². The van der Waals surface area contributed by atoms with E-state index in [1.807, 2.05) is 18.2 Å². The van der Waals surface area contributed by atoms with Crippen LogP contribution >= 0.6 is 15.9 Å². The van der Waals surface area contributed by atoms with Crippen LogP contribution in [-0.2, 0) is 4.79 Å². The fourth-order valence-corrected chi connectivity index (χ4v) is 2.31. The van der Waals surface area contributed by atoms with Gasteiger partial charge >= 0.3 is 0 Å². The number of carbonyl (C=O) groups excluding carboxylic acids is 1. The molecular formula is C18H19BrN2O4. The SMILES string of the molecule is COc1cccc(/C=N\NC(=O)[C@H](C)Oc2ccc(Br)cc2)c1OC. The van der Waals surface area contributed by atoms with Gasteiger partial charge in [0.15, 0.2) is 17.6 Å². The van der Waals surface area contributed by atoms with Gasteiger partial charge in [-0.2, -0.15) is 5.10 Å². The van der Waals surface area contributed by atoms with Gasteiger partial charge in [0.2, 0.25) is 0 Å². The number of benzene rings is 2. The van der Waals surface area contributed by atoms with Crippen molar-refractivity contribution in [2.75, 3.05) is 14.2 Å². The smallest absolute Gasteiger partial charge is 0.280 e. The van der Waals surface area contributed by atoms with Gasteiger partial charge in [-0.1, -0.05) is 22.0 Å². The van der Waals surface area contributed by atoms with Gasteiger partial charge in [0.05, 0.1) is 20.4 Å². The van der Waals surface area contributed by atoms with Gasteiger partial charge in [-0.25, -0.2) is 5.43 Å². The Morgan fingerprint density at radius 2 is 1.88 bits per heavy atom. The van der Waals surface area contributed by atoms with Crippen LogP contribution in [0.25, 0.3) is 0 Å². The Bertz CT molecular complexity index is 747. The van der Waals surface area contributed by atoms with E-state index in [1.54, 1.807) is 45.4 Å². The van der Waals surface area contributed by atoms with Gasteiger partial charge in [0.1, 0.15) is 5.75 Å². The quantitative estimate of drug-likeness (QED) is 0.565. The molecular weight excluding hydrogens is 388 g/mol. The minimum absolute atomic E-state index is 0.360. The number of hydrogen-bond donors (Lipinski definition) is 1. The molecule has 0 saturated carbocycles. The zero-order valence-electron chi connectivity index (χ0n) is 14.2. The summed E-state index contributed by atoms with van der Waals surface area (Å²) < 4.78 is 17.0. The molecule has 0 fully saturated rings. The summed E-state index contributed by atoms with van der Waals surface area (Å²) in [5.41, 5.74) is 3.14. The number of nitrogens with zero attached hydrogens (tertiary/aromatic N) is 1. The van der Waals surface area contributed by atoms with Crippen LogP contribution in [0.2, 0.25) is 0 Å². The molecule has 1 atom stereocenters. The zero-order valence-corrected chi connectivity index (χ0v) is 15.7. The van der Waals surface area contributed by atoms with E-state index >= 15 is 0 Å². The second kappa shape index (κ2) is 9.08. The Morgan fingerprint density at radius 3 is 2.52 bits per heavy atom. The van der Waals surface area contributed by atoms with Crippen molar-refractivity contribution in [3.8, 4) is 17.2 Å². The van der Waals surface area contributed by atoms with E-state index in [9.17, 15) is 4.79 Å². The number of carbonyl (C=O) groups is 1. The predicted octanol–water partition coefficient (Wildman–Crippen LogP) is 3.38. The van der Waals surface area contributed by atoms with Gasteiger partial charge < -0.3 is 14.2 Å². The molecule has 0 aromatic heterocycles. The molecule has 0 aliphatic carbocycles. The molecule has 0 heterocycles. The highest BCUT2D eigenvalue weighted by atomic mass is 79.9. The molecule has 0 aliphatic heterocycles. The lowest BCUT2D eigenvalue weighted by atomic mass is 10.2. The first-order valence-corrected chi connectivity index (χ1v) is 8.30. The number of hydrogen-bond acceptors (Lipinski definition) is 5. The largest absolute Gasteiger partial charge is 0.493 e. The van der Waals surface area contributed by atoms with Crippen molar-refractivity contribution >= 4 is 28.1 Å². The second-order valence-corrected chi connectivity index (χ2v) is 5.95. The third-order valence-electron chi connectivity index (χ3n) is 3.31. The van der Waals surface area contributed by atoms with E-state index < -0.39 is 6.10 Å². The molecule has 1 N–H and O–H groups in total. The zero-order chi connectivity index (χ0) is 18.2. The summed E-state index contributed by atoms with van der Waals surface area (Å²) >= 11 is 3.35. The summed E-state index contributed by atoms with van der Waals surface area (Å²) in [6.45, 7) is 1.65. The van der Waals surface area contributed by atoms with Crippen LogP contribution in [0.4, 0.5) is 0 Å². The summed E-state index contributed by atoms with van der Waals surface area (Å²) in [7, 11) is 3.10. The third-order valence-corrected chi connectivity index (χ3v) is 3.84. The van der Waals surface area contributed by atoms with Crippen molar-refractivity contribution in [2.45, 2.75) is 13.0 Å². The molecule has 1 amide bonds. The van der Waals surface area contributed by atoms with Gasteiger partial charge in [-0.05, 0) is 43.3 Å². The highest BCUT2D eigenvalue weighted by Gasteiger charge is 2.14. The third kappa shape index (κ3) is 5.22. The van der Waals surface area contributed by atoms with Crippen LogP contribution in [0.5, 0.6) is 17.2 Å². The molecule has 0 radical (unpaired) electrons. The maximum absolute atomic E-state index is 12.1. The lowest BCUT2D eigenvalue weighted by molar-refractivity contribution is -0.127. The molecule has 0 spiro atoms. The van der Waals surface area contributed by atoms with Crippen LogP contribution in [0.1, 0.15) is 12.5 Å². The number of para-hydroxylation sites is 1. The average molecular weight is 407 g/mol. The van der Waals surface area contributed by atoms with Crippen LogP contribution in [0, 0.1) is 0 Å². The predicted molar refractivity (Wildman–Crippen MR) is 99.5 cm³/mol. The fraction of sp³-hybridized carbons (Fsp3) is 0.222. The molecule has 0 bridgehead atoms. The Kier molecular flexibility index (Phi) is 6.82. The molecule has 2 aromatic carbocycles. The molecule has 2 rings (SSSR count). The Balaban J connectivity index is 1.97. The molecule has 6 nitrogen and oxygen atoms in total. The first-order chi connectivity index (χ1) is 12.0. The lowest BCUT2D eigenvalue weighted by Gasteiger charge is -2.13. The van der Waals surface area contributed by atoms with Crippen molar-refractivity contribution in [1.29, 1.82) is 0 Å². The van der Waals surface area contributed by atoms with Gasteiger partial charge in [-0.15, -0.1) is 0 Å². The molecule has 132 valence electrons. The molecule has 25 heavy (non-hydrogen) atoms. The molecule has 0 unspecified atom stereocenters. The summed E-state index contributed by atoms with van der Waals surface area (Å²) in [4.78, 5) is 12.1. The monoisotopic (exact) mass is 406 g/mol. The molecule has 7 heteroatoms. The maximum Gasteiger partial charge on any atom is 0.280 e. The van der Waals surface area contributed by atoms with Crippen LogP contribution in [0.3, 0.4) is 0 Å². The van der Waals surface area contributed by atoms with E-state index in [0.29, 0.717) is 22.8 Å². The summed E-state index contributed by atoms with van der Waals surface area (Å²) in [6, 6.07) is 12.6. The van der Waals surface area contributed by atoms with Crippen molar-refractivity contribution in [2.24, 2.45) is 5.10 Å². The average Bonchev–Trinajstić information content (AvgIpc) is 2.63. The Labute approximate surface area is 154 Å². The maximum atomic E-state index is 12.1. The number of methoxy groups -OCH3 is 2. The summed E-state index contributed by atoms with van der Waals surface area (Å²) in [6.07, 6.45) is 0.802. The highest BCUT2D eigenvalue weighted by molar-refractivity contribution is 9.10. The van der Waals surface area contributed by atoms with Crippen molar-refractivity contribution < 1.29 is 19.0 Å². The highest BCUT2D eigenvalue weighted by Crippen LogP contribution is 2.29. The Hall–Kier alpha value is -2.54. The van der Waals surface area contributed by atoms with Crippen LogP contribution < -0.4 is 19.6 Å². The lowest BCUT2D eigenvalue weighted by Crippen LogP contribution is -2.33. The van der Waals surface area contributed by atoms with E-state index in [4.69, 9.17) is 14.2 Å². The minimum Gasteiger partial charge on any atom is -0.493 e. The van der Waals surface area contributed by atoms with E-state index in [0.717, 1.165) is 4.47 Å². The fourth-order valence-electron chi connectivity index (χ4n) is 2.04. The Morgan fingerprint density at radius 1 is 1.16 bits per heavy atom. The molecule has 2 aromatic rings. The standard InChI is InChI=1S/C18H19BrN2O4/c1-12(25-15-9-7-14(19)8-10-15)18(22)21-20-11-13-5-4-6-16(23-2)17(13)24-3/h4-12H,1-3H3,(H,21,22)/b20-11-/t12-/m0/s1. The van der Waals surface area contributed by atoms with Crippen LogP contribution in [-0.4, -0.2) is 32.4 Å². The van der Waals surface area contributed by atoms with Crippen molar-refractivity contribution in [3.05, 3.63) is 52.5 Å².